The summed E-state index contributed by atoms with van der Waals surface area (Å²) in [4.78, 5) is 10.5. The summed E-state index contributed by atoms with van der Waals surface area (Å²) in [6.07, 6.45) is -4.89. The Labute approximate surface area is 77.7 Å². The Balaban J connectivity index is 5.35. The molecule has 0 rings (SSSR count). The van der Waals surface area contributed by atoms with Gasteiger partial charge in [-0.05, 0) is 6.92 Å². The number of nitriles is 1. The number of alkyl halides is 3. The summed E-state index contributed by atoms with van der Waals surface area (Å²) >= 11 is 0. The standard InChI is InChI=1S/C7H7F3N2O2/c1-2-14-5(7(8,9)10)4(3-11)6(12)13/h2H2,1H3,(H2,12,13)/b5-4+. The Hall–Kier alpha value is -1.71. The molecule has 0 atom stereocenters. The van der Waals surface area contributed by atoms with Crippen molar-refractivity contribution in [1.29, 1.82) is 5.26 Å². The maximum absolute atomic E-state index is 12.2. The van der Waals surface area contributed by atoms with E-state index in [2.05, 4.69) is 10.5 Å². The van der Waals surface area contributed by atoms with E-state index in [4.69, 9.17) is 5.26 Å². The maximum Gasteiger partial charge on any atom is 0.450 e. The fraction of sp³-hybridized carbons (Fsp3) is 0.429. The molecule has 4 nitrogen and oxygen atoms in total. The molecule has 1 amide bonds. The third kappa shape index (κ3) is 2.97. The number of halogens is 3. The average molecular weight is 208 g/mol. The monoisotopic (exact) mass is 208 g/mol. The number of ether oxygens (including phenoxy) is 1. The number of nitrogens with two attached hydrogens (primary N) is 1. The number of rotatable bonds is 3. The lowest BCUT2D eigenvalue weighted by atomic mass is 10.2. The predicted molar refractivity (Wildman–Crippen MR) is 39.5 cm³/mol. The molecule has 0 spiro atoms. The minimum atomic E-state index is -4.89. The number of hydrogen-bond donors (Lipinski definition) is 1. The molecule has 0 saturated carbocycles. The zero-order valence-corrected chi connectivity index (χ0v) is 7.18. The van der Waals surface area contributed by atoms with Gasteiger partial charge in [0.25, 0.3) is 5.91 Å². The average Bonchev–Trinajstić information content (AvgIpc) is 2.02. The van der Waals surface area contributed by atoms with Crippen LogP contribution in [0.15, 0.2) is 11.3 Å². The Morgan fingerprint density at radius 3 is 2.29 bits per heavy atom. The zero-order valence-electron chi connectivity index (χ0n) is 7.18. The molecule has 0 aliphatic heterocycles. The van der Waals surface area contributed by atoms with E-state index in [0.29, 0.717) is 0 Å². The molecule has 0 aromatic carbocycles. The highest BCUT2D eigenvalue weighted by molar-refractivity contribution is 5.96. The highest BCUT2D eigenvalue weighted by Gasteiger charge is 2.40. The van der Waals surface area contributed by atoms with Crippen LogP contribution >= 0.6 is 0 Å². The largest absolute Gasteiger partial charge is 0.488 e. The van der Waals surface area contributed by atoms with Gasteiger partial charge in [-0.3, -0.25) is 4.79 Å². The second-order valence-corrected chi connectivity index (χ2v) is 2.11. The van der Waals surface area contributed by atoms with Gasteiger partial charge in [0.1, 0.15) is 6.07 Å². The quantitative estimate of drug-likeness (QED) is 0.424. The molecule has 0 fully saturated rings. The van der Waals surface area contributed by atoms with E-state index in [-0.39, 0.29) is 6.61 Å². The van der Waals surface area contributed by atoms with Gasteiger partial charge in [0.2, 0.25) is 5.76 Å². The molecule has 0 heterocycles. The van der Waals surface area contributed by atoms with Crippen molar-refractivity contribution in [2.75, 3.05) is 6.61 Å². The molecule has 0 saturated heterocycles. The number of carbonyl (C=O) groups excluding carboxylic acids is 1. The highest BCUT2D eigenvalue weighted by atomic mass is 19.4. The molecule has 0 unspecified atom stereocenters. The summed E-state index contributed by atoms with van der Waals surface area (Å²) in [5.74, 6) is -3.11. The van der Waals surface area contributed by atoms with Crippen LogP contribution in [0.5, 0.6) is 0 Å². The van der Waals surface area contributed by atoms with Crippen LogP contribution < -0.4 is 5.73 Å². The summed E-state index contributed by atoms with van der Waals surface area (Å²) in [7, 11) is 0. The first-order valence-corrected chi connectivity index (χ1v) is 3.48. The van der Waals surface area contributed by atoms with E-state index >= 15 is 0 Å². The summed E-state index contributed by atoms with van der Waals surface area (Å²) in [5, 5.41) is 8.27. The van der Waals surface area contributed by atoms with Crippen LogP contribution in [-0.4, -0.2) is 18.7 Å². The molecule has 0 aromatic rings. The first kappa shape index (κ1) is 12.3. The van der Waals surface area contributed by atoms with Crippen molar-refractivity contribution >= 4 is 5.91 Å². The van der Waals surface area contributed by atoms with E-state index < -0.39 is 23.4 Å². The van der Waals surface area contributed by atoms with Gasteiger partial charge in [0.15, 0.2) is 5.57 Å². The molecule has 78 valence electrons. The zero-order chi connectivity index (χ0) is 11.4. The summed E-state index contributed by atoms with van der Waals surface area (Å²) in [6, 6.07) is 1.05. The number of amides is 1. The second kappa shape index (κ2) is 4.50. The Morgan fingerprint density at radius 2 is 2.07 bits per heavy atom. The molecule has 7 heteroatoms. The first-order valence-electron chi connectivity index (χ1n) is 3.48. The Morgan fingerprint density at radius 1 is 1.57 bits per heavy atom. The van der Waals surface area contributed by atoms with Gasteiger partial charge in [-0.25, -0.2) is 0 Å². The lowest BCUT2D eigenvalue weighted by Gasteiger charge is -2.12. The van der Waals surface area contributed by atoms with Crippen LogP contribution in [-0.2, 0) is 9.53 Å². The molecule has 0 radical (unpaired) electrons. The lowest BCUT2D eigenvalue weighted by Crippen LogP contribution is -2.23. The van der Waals surface area contributed by atoms with Gasteiger partial charge in [-0.1, -0.05) is 0 Å². The molecule has 0 aliphatic carbocycles. The van der Waals surface area contributed by atoms with Gasteiger partial charge in [-0.2, -0.15) is 18.4 Å². The van der Waals surface area contributed by atoms with Crippen LogP contribution in [0.3, 0.4) is 0 Å². The number of primary amides is 1. The summed E-state index contributed by atoms with van der Waals surface area (Å²) in [6.45, 7) is 0.981. The maximum atomic E-state index is 12.2. The van der Waals surface area contributed by atoms with Gasteiger partial charge in [0.05, 0.1) is 6.61 Å². The minimum absolute atomic E-state index is 0.312. The van der Waals surface area contributed by atoms with Crippen LogP contribution in [0, 0.1) is 11.3 Å². The number of hydrogen-bond acceptors (Lipinski definition) is 3. The Kier molecular flexibility index (Phi) is 3.95. The lowest BCUT2D eigenvalue weighted by molar-refractivity contribution is -0.134. The third-order valence-corrected chi connectivity index (χ3v) is 1.13. The molecule has 0 bridgehead atoms. The van der Waals surface area contributed by atoms with Crippen molar-refractivity contribution in [3.05, 3.63) is 11.3 Å². The topological polar surface area (TPSA) is 76.1 Å². The van der Waals surface area contributed by atoms with Crippen molar-refractivity contribution in [1.82, 2.24) is 0 Å². The van der Waals surface area contributed by atoms with E-state index in [9.17, 15) is 18.0 Å². The van der Waals surface area contributed by atoms with Crippen LogP contribution in [0.1, 0.15) is 6.92 Å². The van der Waals surface area contributed by atoms with E-state index in [1.54, 1.807) is 0 Å². The molecule has 0 aromatic heterocycles. The molecule has 14 heavy (non-hydrogen) atoms. The number of carbonyl (C=O) groups is 1. The highest BCUT2D eigenvalue weighted by Crippen LogP contribution is 2.28. The molecule has 0 aliphatic rings. The summed E-state index contributed by atoms with van der Waals surface area (Å²) in [5.41, 5.74) is 3.35. The van der Waals surface area contributed by atoms with Crippen LogP contribution in [0.2, 0.25) is 0 Å². The smallest absolute Gasteiger partial charge is 0.450 e. The van der Waals surface area contributed by atoms with Gasteiger partial charge in [0, 0.05) is 0 Å². The van der Waals surface area contributed by atoms with Gasteiger partial charge < -0.3 is 10.5 Å². The van der Waals surface area contributed by atoms with Crippen molar-refractivity contribution in [2.45, 2.75) is 13.1 Å². The number of nitrogens with zero attached hydrogens (tertiary/aromatic N) is 1. The first-order chi connectivity index (χ1) is 6.34. The van der Waals surface area contributed by atoms with Crippen molar-refractivity contribution in [2.24, 2.45) is 5.73 Å². The van der Waals surface area contributed by atoms with E-state index in [0.717, 1.165) is 6.07 Å². The van der Waals surface area contributed by atoms with Crippen molar-refractivity contribution in [3.63, 3.8) is 0 Å². The SMILES string of the molecule is CCO/C(=C(\C#N)C(N)=O)C(F)(F)F. The van der Waals surface area contributed by atoms with E-state index in [1.807, 2.05) is 0 Å². The van der Waals surface area contributed by atoms with Crippen molar-refractivity contribution < 1.29 is 22.7 Å². The number of allylic oxidation sites excluding steroid dienone is 1. The van der Waals surface area contributed by atoms with Crippen LogP contribution in [0.4, 0.5) is 13.2 Å². The molecular formula is C7H7F3N2O2. The minimum Gasteiger partial charge on any atom is -0.488 e. The van der Waals surface area contributed by atoms with Gasteiger partial charge >= 0.3 is 6.18 Å². The van der Waals surface area contributed by atoms with E-state index in [1.165, 1.54) is 6.92 Å². The Bertz CT molecular complexity index is 301. The molecular weight excluding hydrogens is 201 g/mol. The second-order valence-electron chi connectivity index (χ2n) is 2.11. The van der Waals surface area contributed by atoms with Gasteiger partial charge in [-0.15, -0.1) is 0 Å². The summed E-state index contributed by atoms with van der Waals surface area (Å²) < 4.78 is 40.6. The fourth-order valence-electron chi connectivity index (χ4n) is 0.658. The third-order valence-electron chi connectivity index (χ3n) is 1.13. The van der Waals surface area contributed by atoms with Crippen LogP contribution in [0.25, 0.3) is 0 Å². The normalized spacial score (nSPS) is 12.8. The van der Waals surface area contributed by atoms with Crippen molar-refractivity contribution in [3.8, 4) is 6.07 Å². The fourth-order valence-corrected chi connectivity index (χ4v) is 0.658. The predicted octanol–water partition coefficient (Wildman–Crippen LogP) is 0.848. The molecule has 2 N–H and O–H groups in total.